The Balaban J connectivity index is 1.65. The van der Waals surface area contributed by atoms with Gasteiger partial charge in [0.25, 0.3) is 0 Å². The molecular formula is C26H40O4. The monoisotopic (exact) mass is 416 g/mol. The zero-order valence-corrected chi connectivity index (χ0v) is 18.7. The number of allylic oxidation sites excluding steroid dienone is 2. The number of aryl methyl sites for hydroxylation is 1. The summed E-state index contributed by atoms with van der Waals surface area (Å²) in [6.07, 6.45) is 12.2. The second-order valence-corrected chi connectivity index (χ2v) is 8.92. The lowest BCUT2D eigenvalue weighted by Gasteiger charge is -2.22. The molecule has 2 rings (SSSR count). The van der Waals surface area contributed by atoms with E-state index < -0.39 is 12.2 Å². The highest BCUT2D eigenvalue weighted by atomic mass is 16.5. The number of unbranched alkanes of at least 4 members (excludes halogenated alkanes) is 3. The molecule has 0 bridgehead atoms. The Bertz CT molecular complexity index is 625. The van der Waals surface area contributed by atoms with Crippen molar-refractivity contribution in [2.24, 2.45) is 11.8 Å². The van der Waals surface area contributed by atoms with Gasteiger partial charge in [0.15, 0.2) is 0 Å². The summed E-state index contributed by atoms with van der Waals surface area (Å²) in [5.74, 6) is 0.179. The summed E-state index contributed by atoms with van der Waals surface area (Å²) in [5.41, 5.74) is 1.38. The summed E-state index contributed by atoms with van der Waals surface area (Å²) in [6, 6.07) is 10.6. The molecule has 0 heterocycles. The molecular weight excluding hydrogens is 376 g/mol. The molecule has 0 radical (unpaired) electrons. The number of hydrogen-bond acceptors (Lipinski definition) is 4. The van der Waals surface area contributed by atoms with Crippen LogP contribution in [0.15, 0.2) is 42.5 Å². The molecule has 4 heteroatoms. The van der Waals surface area contributed by atoms with E-state index in [1.165, 1.54) is 12.0 Å². The molecule has 0 spiro atoms. The van der Waals surface area contributed by atoms with Crippen LogP contribution in [0.4, 0.5) is 0 Å². The number of benzene rings is 1. The molecule has 2 N–H and O–H groups in total. The number of hydrogen-bond donors (Lipinski definition) is 2. The largest absolute Gasteiger partial charge is 0.463 e. The minimum absolute atomic E-state index is 0.0569. The maximum atomic E-state index is 11.5. The summed E-state index contributed by atoms with van der Waals surface area (Å²) in [7, 11) is 0. The predicted molar refractivity (Wildman–Crippen MR) is 121 cm³/mol. The van der Waals surface area contributed by atoms with Gasteiger partial charge in [0.2, 0.25) is 0 Å². The van der Waals surface area contributed by atoms with Gasteiger partial charge in [-0.25, -0.2) is 0 Å². The molecule has 1 aromatic carbocycles. The fourth-order valence-electron chi connectivity index (χ4n) is 4.49. The Labute approximate surface area is 182 Å². The normalized spacial score (nSPS) is 24.0. The number of esters is 1. The van der Waals surface area contributed by atoms with Gasteiger partial charge in [-0.3, -0.25) is 4.79 Å². The number of aliphatic hydroxyl groups is 2. The van der Waals surface area contributed by atoms with Gasteiger partial charge in [-0.05, 0) is 76.2 Å². The number of aliphatic hydroxyl groups excluding tert-OH is 2. The van der Waals surface area contributed by atoms with E-state index in [4.69, 9.17) is 4.74 Å². The molecule has 1 fully saturated rings. The van der Waals surface area contributed by atoms with Gasteiger partial charge in [0.05, 0.1) is 18.3 Å². The fraction of sp³-hybridized carbons (Fsp3) is 0.654. The van der Waals surface area contributed by atoms with Crippen molar-refractivity contribution in [2.45, 2.75) is 96.4 Å². The average molecular weight is 417 g/mol. The van der Waals surface area contributed by atoms with Crippen LogP contribution < -0.4 is 0 Å². The quantitative estimate of drug-likeness (QED) is 0.263. The van der Waals surface area contributed by atoms with E-state index >= 15 is 0 Å². The topological polar surface area (TPSA) is 66.8 Å². The molecule has 1 saturated carbocycles. The number of rotatable bonds is 13. The molecule has 0 unspecified atom stereocenters. The smallest absolute Gasteiger partial charge is 0.306 e. The van der Waals surface area contributed by atoms with Crippen molar-refractivity contribution in [3.8, 4) is 0 Å². The molecule has 168 valence electrons. The molecule has 4 atom stereocenters. The Kier molecular flexibility index (Phi) is 11.2. The summed E-state index contributed by atoms with van der Waals surface area (Å²) in [5, 5.41) is 20.8. The standard InChI is InChI=1S/C26H40O4/c1-20(2)30-26(29)18-12-4-3-10-16-22-23(25(28)19-24(22)27)17-11-6-9-15-21-13-7-5-8-14-21/h3,5,7-8,10,13-14,20,22-25,27-28H,4,6,9,11-12,15-19H2,1-2H3/b10-3-/t22-,23-,24+,25+/m1/s1. The summed E-state index contributed by atoms with van der Waals surface area (Å²) < 4.78 is 5.13. The second-order valence-electron chi connectivity index (χ2n) is 8.92. The van der Waals surface area contributed by atoms with Crippen molar-refractivity contribution in [1.82, 2.24) is 0 Å². The third kappa shape index (κ3) is 9.01. The fourth-order valence-corrected chi connectivity index (χ4v) is 4.49. The first kappa shape index (κ1) is 24.6. The van der Waals surface area contributed by atoms with Crippen LogP contribution in [0.1, 0.15) is 77.2 Å². The van der Waals surface area contributed by atoms with E-state index in [1.807, 2.05) is 19.9 Å². The van der Waals surface area contributed by atoms with Crippen molar-refractivity contribution in [3.05, 3.63) is 48.0 Å². The number of carbonyl (C=O) groups excluding carboxylic acids is 1. The highest BCUT2D eigenvalue weighted by Crippen LogP contribution is 2.38. The Hall–Kier alpha value is -1.65. The van der Waals surface area contributed by atoms with E-state index in [0.29, 0.717) is 12.8 Å². The summed E-state index contributed by atoms with van der Waals surface area (Å²) in [6.45, 7) is 3.72. The maximum absolute atomic E-state index is 11.5. The van der Waals surface area contributed by atoms with E-state index in [0.717, 1.165) is 44.9 Å². The van der Waals surface area contributed by atoms with Crippen molar-refractivity contribution < 1.29 is 19.7 Å². The zero-order chi connectivity index (χ0) is 21.8. The van der Waals surface area contributed by atoms with E-state index in [9.17, 15) is 15.0 Å². The summed E-state index contributed by atoms with van der Waals surface area (Å²) in [4.78, 5) is 11.5. The van der Waals surface area contributed by atoms with Crippen LogP contribution in [0.25, 0.3) is 0 Å². The highest BCUT2D eigenvalue weighted by Gasteiger charge is 2.40. The minimum atomic E-state index is -0.417. The van der Waals surface area contributed by atoms with Gasteiger partial charge in [-0.1, -0.05) is 55.3 Å². The van der Waals surface area contributed by atoms with Crippen molar-refractivity contribution in [3.63, 3.8) is 0 Å². The van der Waals surface area contributed by atoms with Crippen molar-refractivity contribution in [1.29, 1.82) is 0 Å². The van der Waals surface area contributed by atoms with Crippen LogP contribution in [0.3, 0.4) is 0 Å². The Morgan fingerprint density at radius 2 is 1.77 bits per heavy atom. The van der Waals surface area contributed by atoms with Crippen LogP contribution in [-0.2, 0) is 16.0 Å². The second kappa shape index (κ2) is 13.6. The number of ether oxygens (including phenoxy) is 1. The molecule has 30 heavy (non-hydrogen) atoms. The van der Waals surface area contributed by atoms with Gasteiger partial charge in [0, 0.05) is 6.42 Å². The first-order valence-electron chi connectivity index (χ1n) is 11.7. The molecule has 1 aliphatic carbocycles. The third-order valence-electron chi connectivity index (χ3n) is 6.06. The molecule has 0 aliphatic heterocycles. The van der Waals surface area contributed by atoms with Gasteiger partial charge in [0.1, 0.15) is 0 Å². The van der Waals surface area contributed by atoms with Gasteiger partial charge < -0.3 is 14.9 Å². The Morgan fingerprint density at radius 3 is 2.50 bits per heavy atom. The van der Waals surface area contributed by atoms with Crippen LogP contribution in [-0.4, -0.2) is 34.5 Å². The maximum Gasteiger partial charge on any atom is 0.306 e. The lowest BCUT2D eigenvalue weighted by atomic mass is 9.86. The molecule has 4 nitrogen and oxygen atoms in total. The number of carbonyl (C=O) groups is 1. The highest BCUT2D eigenvalue weighted by molar-refractivity contribution is 5.69. The molecule has 0 amide bonds. The van der Waals surface area contributed by atoms with E-state index in [-0.39, 0.29) is 23.9 Å². The first-order chi connectivity index (χ1) is 14.5. The van der Waals surface area contributed by atoms with E-state index in [2.05, 4.69) is 36.4 Å². The van der Waals surface area contributed by atoms with Gasteiger partial charge in [-0.2, -0.15) is 0 Å². The lowest BCUT2D eigenvalue weighted by molar-refractivity contribution is -0.147. The SMILES string of the molecule is CC(C)OC(=O)CCC/C=C\C[C@@H]1[C@@H](CCCCCc2ccccc2)[C@@H](O)C[C@@H]1O. The van der Waals surface area contributed by atoms with Crippen LogP contribution >= 0.6 is 0 Å². The van der Waals surface area contributed by atoms with Gasteiger partial charge >= 0.3 is 5.97 Å². The average Bonchev–Trinajstić information content (AvgIpc) is 2.97. The molecule has 0 saturated heterocycles. The van der Waals surface area contributed by atoms with Crippen molar-refractivity contribution >= 4 is 5.97 Å². The Morgan fingerprint density at radius 1 is 1.03 bits per heavy atom. The zero-order valence-electron chi connectivity index (χ0n) is 18.7. The van der Waals surface area contributed by atoms with Crippen LogP contribution in [0, 0.1) is 11.8 Å². The van der Waals surface area contributed by atoms with E-state index in [1.54, 1.807) is 0 Å². The molecule has 0 aromatic heterocycles. The van der Waals surface area contributed by atoms with Crippen LogP contribution in [0.2, 0.25) is 0 Å². The molecule has 1 aliphatic rings. The minimum Gasteiger partial charge on any atom is -0.463 e. The van der Waals surface area contributed by atoms with Gasteiger partial charge in [-0.15, -0.1) is 0 Å². The first-order valence-corrected chi connectivity index (χ1v) is 11.7. The van der Waals surface area contributed by atoms with Crippen molar-refractivity contribution in [2.75, 3.05) is 0 Å². The third-order valence-corrected chi connectivity index (χ3v) is 6.06. The van der Waals surface area contributed by atoms with Crippen LogP contribution in [0.5, 0.6) is 0 Å². The lowest BCUT2D eigenvalue weighted by Crippen LogP contribution is -2.21. The summed E-state index contributed by atoms with van der Waals surface area (Å²) >= 11 is 0. The molecule has 1 aromatic rings. The predicted octanol–water partition coefficient (Wildman–Crippen LogP) is 5.22.